The van der Waals surface area contributed by atoms with Gasteiger partial charge in [0.1, 0.15) is 0 Å². The van der Waals surface area contributed by atoms with E-state index in [2.05, 4.69) is 6.92 Å². The van der Waals surface area contributed by atoms with Crippen LogP contribution in [-0.4, -0.2) is 17.0 Å². The van der Waals surface area contributed by atoms with Crippen LogP contribution in [0.15, 0.2) is 11.6 Å². The number of aliphatic hydroxyl groups excluding tert-OH is 1. The molecule has 0 saturated heterocycles. The number of aliphatic hydroxyl groups is 1. The lowest BCUT2D eigenvalue weighted by molar-refractivity contribution is -0.116. The smallest absolute Gasteiger partial charge is 0.155 e. The molecular weight excluding hydrogens is 248 g/mol. The number of ketones is 1. The third-order valence-electron chi connectivity index (χ3n) is 7.25. The van der Waals surface area contributed by atoms with Gasteiger partial charge >= 0.3 is 0 Å². The van der Waals surface area contributed by atoms with Crippen molar-refractivity contribution in [2.24, 2.45) is 29.1 Å². The van der Waals surface area contributed by atoms with Crippen LogP contribution in [0, 0.1) is 29.1 Å². The van der Waals surface area contributed by atoms with Gasteiger partial charge in [-0.2, -0.15) is 0 Å². The Balaban J connectivity index is 1.63. The van der Waals surface area contributed by atoms with E-state index in [4.69, 9.17) is 0 Å². The lowest BCUT2D eigenvalue weighted by Gasteiger charge is -2.53. The van der Waals surface area contributed by atoms with E-state index in [9.17, 15) is 9.90 Å². The maximum absolute atomic E-state index is 11.6. The zero-order valence-electron chi connectivity index (χ0n) is 12.5. The van der Waals surface area contributed by atoms with Crippen LogP contribution < -0.4 is 0 Å². The highest BCUT2D eigenvalue weighted by Gasteiger charge is 2.55. The molecule has 0 bridgehead atoms. The highest BCUT2D eigenvalue weighted by atomic mass is 16.3. The first-order chi connectivity index (χ1) is 9.59. The summed E-state index contributed by atoms with van der Waals surface area (Å²) in [4.78, 5) is 11.6. The van der Waals surface area contributed by atoms with E-state index in [-0.39, 0.29) is 11.5 Å². The molecule has 4 rings (SSSR count). The van der Waals surface area contributed by atoms with E-state index < -0.39 is 0 Å². The molecular formula is C18H26O2. The van der Waals surface area contributed by atoms with Gasteiger partial charge in [0.2, 0.25) is 0 Å². The molecule has 0 aromatic heterocycles. The summed E-state index contributed by atoms with van der Waals surface area (Å²) >= 11 is 0. The summed E-state index contributed by atoms with van der Waals surface area (Å²) in [7, 11) is 0. The Morgan fingerprint density at radius 3 is 2.80 bits per heavy atom. The lowest BCUT2D eigenvalue weighted by atomic mass is 9.52. The number of rotatable bonds is 0. The van der Waals surface area contributed by atoms with Gasteiger partial charge in [-0.05, 0) is 80.1 Å². The fraction of sp³-hybridized carbons (Fsp3) is 0.833. The Labute approximate surface area is 121 Å². The van der Waals surface area contributed by atoms with E-state index in [0.29, 0.717) is 11.7 Å². The summed E-state index contributed by atoms with van der Waals surface area (Å²) in [5.41, 5.74) is 1.65. The topological polar surface area (TPSA) is 37.3 Å². The predicted octanol–water partition coefficient (Wildman–Crippen LogP) is 3.49. The summed E-state index contributed by atoms with van der Waals surface area (Å²) in [6.07, 6.45) is 10.9. The molecule has 4 aliphatic rings. The molecule has 0 unspecified atom stereocenters. The summed E-state index contributed by atoms with van der Waals surface area (Å²) < 4.78 is 0. The summed E-state index contributed by atoms with van der Waals surface area (Å²) in [5, 5.41) is 10.4. The third-order valence-corrected chi connectivity index (χ3v) is 7.25. The van der Waals surface area contributed by atoms with E-state index in [1.807, 2.05) is 6.08 Å². The average Bonchev–Trinajstić information content (AvgIpc) is 2.74. The molecule has 0 aromatic rings. The molecule has 4 aliphatic carbocycles. The van der Waals surface area contributed by atoms with Crippen molar-refractivity contribution in [2.45, 2.75) is 64.4 Å². The van der Waals surface area contributed by atoms with Gasteiger partial charge in [-0.3, -0.25) is 4.79 Å². The van der Waals surface area contributed by atoms with Gasteiger partial charge < -0.3 is 5.11 Å². The minimum Gasteiger partial charge on any atom is -0.393 e. The Bertz CT molecular complexity index is 466. The molecule has 20 heavy (non-hydrogen) atoms. The molecule has 0 aliphatic heterocycles. The van der Waals surface area contributed by atoms with Gasteiger partial charge in [0.15, 0.2) is 5.78 Å². The van der Waals surface area contributed by atoms with Crippen LogP contribution in [0.3, 0.4) is 0 Å². The van der Waals surface area contributed by atoms with Crippen LogP contribution in [0.1, 0.15) is 58.3 Å². The lowest BCUT2D eigenvalue weighted by Crippen LogP contribution is -2.47. The predicted molar refractivity (Wildman–Crippen MR) is 78.1 cm³/mol. The largest absolute Gasteiger partial charge is 0.393 e. The second kappa shape index (κ2) is 4.43. The summed E-state index contributed by atoms with van der Waals surface area (Å²) in [6.45, 7) is 2.33. The van der Waals surface area contributed by atoms with Crippen LogP contribution >= 0.6 is 0 Å². The van der Waals surface area contributed by atoms with Crippen molar-refractivity contribution >= 4 is 5.78 Å². The van der Waals surface area contributed by atoms with Crippen molar-refractivity contribution in [1.82, 2.24) is 0 Å². The fourth-order valence-corrected chi connectivity index (χ4v) is 6.15. The average molecular weight is 274 g/mol. The van der Waals surface area contributed by atoms with E-state index in [1.165, 1.54) is 31.3 Å². The Hall–Kier alpha value is -0.630. The minimum absolute atomic E-state index is 0.0710. The molecule has 6 atom stereocenters. The number of carbonyl (C=O) groups excluding carboxylic acids is 1. The van der Waals surface area contributed by atoms with Crippen LogP contribution in [0.4, 0.5) is 0 Å². The van der Waals surface area contributed by atoms with Gasteiger partial charge in [-0.25, -0.2) is 0 Å². The van der Waals surface area contributed by atoms with Crippen molar-refractivity contribution in [3.63, 3.8) is 0 Å². The standard InChI is InChI=1S/C18H26O2/c1-18-9-8-14-13-5-3-12(19)10-11(13)2-4-15(14)16(18)6-7-17(18)20/h10,13-17,20H,2-9H2,1H3/t13-,14-,15-,16-,17-,18-/m0/s1. The monoisotopic (exact) mass is 274 g/mol. The molecule has 3 fully saturated rings. The van der Waals surface area contributed by atoms with Gasteiger partial charge in [-0.1, -0.05) is 12.5 Å². The van der Waals surface area contributed by atoms with E-state index in [0.717, 1.165) is 43.4 Å². The van der Waals surface area contributed by atoms with Crippen LogP contribution in [0.25, 0.3) is 0 Å². The molecule has 3 saturated carbocycles. The molecule has 0 heterocycles. The van der Waals surface area contributed by atoms with Crippen molar-refractivity contribution in [3.05, 3.63) is 11.6 Å². The number of allylic oxidation sites excluding steroid dienone is 1. The fourth-order valence-electron chi connectivity index (χ4n) is 6.15. The molecule has 2 heteroatoms. The Kier molecular flexibility index (Phi) is 2.89. The second-order valence-electron chi connectivity index (χ2n) is 7.94. The van der Waals surface area contributed by atoms with Crippen LogP contribution in [-0.2, 0) is 4.79 Å². The number of hydrogen-bond donors (Lipinski definition) is 1. The van der Waals surface area contributed by atoms with Gasteiger partial charge in [0, 0.05) is 6.42 Å². The highest BCUT2D eigenvalue weighted by Crippen LogP contribution is 2.61. The number of hydrogen-bond acceptors (Lipinski definition) is 2. The molecule has 110 valence electrons. The van der Waals surface area contributed by atoms with Gasteiger partial charge in [-0.15, -0.1) is 0 Å². The van der Waals surface area contributed by atoms with Gasteiger partial charge in [0.05, 0.1) is 6.10 Å². The van der Waals surface area contributed by atoms with E-state index >= 15 is 0 Å². The van der Waals surface area contributed by atoms with Crippen molar-refractivity contribution in [2.75, 3.05) is 0 Å². The van der Waals surface area contributed by atoms with Crippen LogP contribution in [0.5, 0.6) is 0 Å². The first kappa shape index (κ1) is 13.1. The molecule has 0 amide bonds. The van der Waals surface area contributed by atoms with E-state index in [1.54, 1.807) is 0 Å². The quantitative estimate of drug-likeness (QED) is 0.734. The molecule has 1 N–H and O–H groups in total. The Morgan fingerprint density at radius 1 is 1.10 bits per heavy atom. The van der Waals surface area contributed by atoms with Crippen molar-refractivity contribution in [1.29, 1.82) is 0 Å². The van der Waals surface area contributed by atoms with Gasteiger partial charge in [0.25, 0.3) is 0 Å². The molecule has 0 aromatic carbocycles. The first-order valence-electron chi connectivity index (χ1n) is 8.51. The molecule has 0 radical (unpaired) electrons. The van der Waals surface area contributed by atoms with Crippen molar-refractivity contribution < 1.29 is 9.90 Å². The van der Waals surface area contributed by atoms with Crippen molar-refractivity contribution in [3.8, 4) is 0 Å². The van der Waals surface area contributed by atoms with Crippen LogP contribution in [0.2, 0.25) is 0 Å². The highest BCUT2D eigenvalue weighted by molar-refractivity contribution is 5.91. The maximum atomic E-state index is 11.6. The zero-order valence-corrected chi connectivity index (χ0v) is 12.5. The third kappa shape index (κ3) is 1.70. The first-order valence-corrected chi connectivity index (χ1v) is 8.51. The Morgan fingerprint density at radius 2 is 1.95 bits per heavy atom. The maximum Gasteiger partial charge on any atom is 0.155 e. The minimum atomic E-state index is -0.0710. The normalized spacial score (nSPS) is 51.0. The molecule has 2 nitrogen and oxygen atoms in total. The number of carbonyl (C=O) groups is 1. The second-order valence-corrected chi connectivity index (χ2v) is 7.94. The SMILES string of the molecule is C[C@]12CC[C@@H]3[C@H](CCC4=CC(=O)CC[C@@H]43)[C@@H]1CC[C@@H]2O. The summed E-state index contributed by atoms with van der Waals surface area (Å²) in [5.74, 6) is 3.38. The molecule has 0 spiro atoms. The zero-order chi connectivity index (χ0) is 13.9. The number of fused-ring (bicyclic) bond motifs is 5. The summed E-state index contributed by atoms with van der Waals surface area (Å²) in [6, 6.07) is 0.